The van der Waals surface area contributed by atoms with Gasteiger partial charge in [-0.15, -0.1) is 11.3 Å². The zero-order chi connectivity index (χ0) is 19.9. The predicted molar refractivity (Wildman–Crippen MR) is 103 cm³/mol. The molecule has 0 spiro atoms. The normalized spacial score (nSPS) is 18.5. The van der Waals surface area contributed by atoms with E-state index >= 15 is 0 Å². The number of piperazine rings is 1. The zero-order valence-electron chi connectivity index (χ0n) is 16.1. The lowest BCUT2D eigenvalue weighted by Gasteiger charge is -2.37. The van der Waals surface area contributed by atoms with Crippen molar-refractivity contribution in [1.82, 2.24) is 25.4 Å². The Labute approximate surface area is 162 Å². The van der Waals surface area contributed by atoms with Crippen LogP contribution in [0.5, 0.6) is 0 Å². The zero-order valence-corrected chi connectivity index (χ0v) is 17.0. The summed E-state index contributed by atoms with van der Waals surface area (Å²) in [6, 6.07) is 0.385. The van der Waals surface area contributed by atoms with Crippen molar-refractivity contribution in [1.29, 1.82) is 0 Å². The number of halogens is 3. The smallest absolute Gasteiger partial charge is 0.356 e. The minimum atomic E-state index is -4.38. The maximum atomic E-state index is 12.6. The molecule has 1 fully saturated rings. The number of aliphatic imine (C=N–C) groups is 1. The quantitative estimate of drug-likeness (QED) is 0.535. The first-order chi connectivity index (χ1) is 12.8. The van der Waals surface area contributed by atoms with Crippen molar-refractivity contribution in [3.63, 3.8) is 0 Å². The standard InChI is InChI=1S/C17H29F3N6S/c1-4-25-7-9-26(10-8-25)13(2)11-23-16(21-3)22-6-5-15-24-14(12-27-15)17(18,19)20/h12-13H,4-11H2,1-3H3,(H2,21,22,23). The average molecular weight is 407 g/mol. The first-order valence-corrected chi connectivity index (χ1v) is 10.1. The lowest BCUT2D eigenvalue weighted by atomic mass is 10.2. The van der Waals surface area contributed by atoms with E-state index < -0.39 is 11.9 Å². The maximum absolute atomic E-state index is 12.6. The third kappa shape index (κ3) is 6.93. The molecule has 27 heavy (non-hydrogen) atoms. The van der Waals surface area contributed by atoms with Crippen LogP contribution in [0.2, 0.25) is 0 Å². The second kappa shape index (κ2) is 10.2. The number of guanidine groups is 1. The van der Waals surface area contributed by atoms with Crippen LogP contribution in [0.3, 0.4) is 0 Å². The summed E-state index contributed by atoms with van der Waals surface area (Å²) in [5.74, 6) is 0.654. The lowest BCUT2D eigenvalue weighted by molar-refractivity contribution is -0.140. The van der Waals surface area contributed by atoms with Crippen LogP contribution in [0.4, 0.5) is 13.2 Å². The summed E-state index contributed by atoms with van der Waals surface area (Å²) in [5, 5.41) is 7.96. The van der Waals surface area contributed by atoms with E-state index in [0.717, 1.165) is 56.0 Å². The van der Waals surface area contributed by atoms with Gasteiger partial charge in [0.2, 0.25) is 0 Å². The SMILES string of the molecule is CCN1CCN(C(C)CNC(=NC)NCCc2nc(C(F)(F)F)cs2)CC1. The molecule has 2 heterocycles. The Kier molecular flexibility index (Phi) is 8.30. The fourth-order valence-electron chi connectivity index (χ4n) is 2.96. The maximum Gasteiger partial charge on any atom is 0.434 e. The van der Waals surface area contributed by atoms with E-state index in [0.29, 0.717) is 30.0 Å². The molecule has 1 atom stereocenters. The minimum Gasteiger partial charge on any atom is -0.356 e. The number of alkyl halides is 3. The molecule has 10 heteroatoms. The molecular weight excluding hydrogens is 377 g/mol. The highest BCUT2D eigenvalue weighted by atomic mass is 32.1. The van der Waals surface area contributed by atoms with Gasteiger partial charge in [0.25, 0.3) is 0 Å². The number of hydrogen-bond acceptors (Lipinski definition) is 5. The molecule has 1 aliphatic heterocycles. The van der Waals surface area contributed by atoms with Crippen LogP contribution >= 0.6 is 11.3 Å². The third-order valence-corrected chi connectivity index (χ3v) is 5.65. The van der Waals surface area contributed by atoms with E-state index in [1.54, 1.807) is 7.05 Å². The molecule has 154 valence electrons. The van der Waals surface area contributed by atoms with Gasteiger partial charge in [-0.05, 0) is 13.5 Å². The van der Waals surface area contributed by atoms with Crippen molar-refractivity contribution in [2.24, 2.45) is 4.99 Å². The average Bonchev–Trinajstić information content (AvgIpc) is 3.13. The summed E-state index contributed by atoms with van der Waals surface area (Å²) in [6.45, 7) is 11.0. The predicted octanol–water partition coefficient (Wildman–Crippen LogP) is 1.90. The molecule has 0 bridgehead atoms. The fraction of sp³-hybridized carbons (Fsp3) is 0.765. The molecule has 0 saturated carbocycles. The van der Waals surface area contributed by atoms with Gasteiger partial charge >= 0.3 is 6.18 Å². The second-order valence-corrected chi connectivity index (χ2v) is 7.52. The van der Waals surface area contributed by atoms with Gasteiger partial charge in [0.05, 0.1) is 5.01 Å². The summed E-state index contributed by atoms with van der Waals surface area (Å²) in [6.07, 6.45) is -3.95. The summed E-state index contributed by atoms with van der Waals surface area (Å²) in [7, 11) is 1.69. The van der Waals surface area contributed by atoms with Gasteiger partial charge in [0, 0.05) is 64.2 Å². The number of aromatic nitrogens is 1. The van der Waals surface area contributed by atoms with Crippen molar-refractivity contribution in [3.8, 4) is 0 Å². The lowest BCUT2D eigenvalue weighted by Crippen LogP contribution is -2.53. The topological polar surface area (TPSA) is 55.8 Å². The van der Waals surface area contributed by atoms with Crippen molar-refractivity contribution >= 4 is 17.3 Å². The Balaban J connectivity index is 1.69. The summed E-state index contributed by atoms with van der Waals surface area (Å²) >= 11 is 1.03. The summed E-state index contributed by atoms with van der Waals surface area (Å²) in [5.41, 5.74) is -0.818. The van der Waals surface area contributed by atoms with E-state index in [4.69, 9.17) is 0 Å². The van der Waals surface area contributed by atoms with Crippen LogP contribution in [0.15, 0.2) is 10.4 Å². The number of hydrogen-bond donors (Lipinski definition) is 2. The van der Waals surface area contributed by atoms with Gasteiger partial charge < -0.3 is 15.5 Å². The van der Waals surface area contributed by atoms with Gasteiger partial charge in [-0.2, -0.15) is 13.2 Å². The Hall–Kier alpha value is -1.39. The molecule has 6 nitrogen and oxygen atoms in total. The molecule has 0 aromatic carbocycles. The first kappa shape index (κ1) is 21.9. The van der Waals surface area contributed by atoms with E-state index in [2.05, 4.69) is 44.3 Å². The number of nitrogens with one attached hydrogen (secondary N) is 2. The van der Waals surface area contributed by atoms with Crippen molar-refractivity contribution in [2.75, 3.05) is 52.9 Å². The molecule has 0 aliphatic carbocycles. The Morgan fingerprint density at radius 1 is 1.30 bits per heavy atom. The van der Waals surface area contributed by atoms with E-state index in [1.165, 1.54) is 0 Å². The van der Waals surface area contributed by atoms with E-state index in [-0.39, 0.29) is 0 Å². The van der Waals surface area contributed by atoms with Gasteiger partial charge in [0.1, 0.15) is 0 Å². The molecule has 2 rings (SSSR count). The molecule has 1 saturated heterocycles. The Bertz CT molecular complexity index is 596. The molecule has 1 aromatic heterocycles. The van der Waals surface area contributed by atoms with Gasteiger partial charge in [-0.25, -0.2) is 4.98 Å². The van der Waals surface area contributed by atoms with Crippen LogP contribution in [-0.4, -0.2) is 79.6 Å². The van der Waals surface area contributed by atoms with E-state index in [9.17, 15) is 13.2 Å². The molecule has 2 N–H and O–H groups in total. The molecule has 1 unspecified atom stereocenters. The van der Waals surface area contributed by atoms with Crippen molar-refractivity contribution in [3.05, 3.63) is 16.1 Å². The molecular formula is C17H29F3N6S. The second-order valence-electron chi connectivity index (χ2n) is 6.57. The van der Waals surface area contributed by atoms with Crippen LogP contribution in [0.25, 0.3) is 0 Å². The number of nitrogens with zero attached hydrogens (tertiary/aromatic N) is 4. The molecule has 0 radical (unpaired) electrons. The highest BCUT2D eigenvalue weighted by Gasteiger charge is 2.33. The summed E-state index contributed by atoms with van der Waals surface area (Å²) < 4.78 is 37.7. The van der Waals surface area contributed by atoms with Gasteiger partial charge in [-0.1, -0.05) is 6.92 Å². The first-order valence-electron chi connectivity index (χ1n) is 9.26. The highest BCUT2D eigenvalue weighted by molar-refractivity contribution is 7.09. The number of thiazole rings is 1. The van der Waals surface area contributed by atoms with Gasteiger partial charge in [-0.3, -0.25) is 9.89 Å². The van der Waals surface area contributed by atoms with Crippen LogP contribution in [0, 0.1) is 0 Å². The fourth-order valence-corrected chi connectivity index (χ4v) is 3.76. The van der Waals surface area contributed by atoms with Gasteiger partial charge in [0.15, 0.2) is 11.7 Å². The molecule has 1 aliphatic rings. The molecule has 1 aromatic rings. The minimum absolute atomic E-state index is 0.385. The van der Waals surface area contributed by atoms with E-state index in [1.807, 2.05) is 0 Å². The Morgan fingerprint density at radius 3 is 2.56 bits per heavy atom. The van der Waals surface area contributed by atoms with Crippen LogP contribution < -0.4 is 10.6 Å². The molecule has 0 amide bonds. The van der Waals surface area contributed by atoms with Crippen molar-refractivity contribution in [2.45, 2.75) is 32.5 Å². The third-order valence-electron chi connectivity index (χ3n) is 4.74. The largest absolute Gasteiger partial charge is 0.434 e. The Morgan fingerprint density at radius 2 is 2.00 bits per heavy atom. The highest BCUT2D eigenvalue weighted by Crippen LogP contribution is 2.29. The van der Waals surface area contributed by atoms with Crippen LogP contribution in [0.1, 0.15) is 24.5 Å². The monoisotopic (exact) mass is 406 g/mol. The summed E-state index contributed by atoms with van der Waals surface area (Å²) in [4.78, 5) is 12.7. The van der Waals surface area contributed by atoms with Crippen molar-refractivity contribution < 1.29 is 13.2 Å². The number of likely N-dealkylation sites (N-methyl/N-ethyl adjacent to an activating group) is 1. The van der Waals surface area contributed by atoms with Crippen LogP contribution in [-0.2, 0) is 12.6 Å². The number of rotatable bonds is 7.